The molecule has 0 aliphatic heterocycles. The van der Waals surface area contributed by atoms with Crippen LogP contribution in [0.2, 0.25) is 0 Å². The van der Waals surface area contributed by atoms with Crippen molar-refractivity contribution in [2.24, 2.45) is 0 Å². The van der Waals surface area contributed by atoms with E-state index in [-0.39, 0.29) is 5.82 Å². The Morgan fingerprint density at radius 2 is 1.75 bits per heavy atom. The van der Waals surface area contributed by atoms with Crippen molar-refractivity contribution in [1.29, 1.82) is 0 Å². The Balaban J connectivity index is 2.01. The Hall–Kier alpha value is -1.39. The zero-order valence-corrected chi connectivity index (χ0v) is 13.1. The van der Waals surface area contributed by atoms with Gasteiger partial charge in [0.1, 0.15) is 17.3 Å². The average Bonchev–Trinajstić information content (AvgIpc) is 2.42. The van der Waals surface area contributed by atoms with Gasteiger partial charge in [-0.2, -0.15) is 0 Å². The zero-order valence-electron chi connectivity index (χ0n) is 11.5. The second kappa shape index (κ2) is 6.86. The standard InChI is InChI=1S/C16H17BrFNO/c1-11(2)19-10-12-3-5-13(6-4-12)20-14-7-8-16(18)15(17)9-14/h3-9,11,19H,10H2,1-2H3. The summed E-state index contributed by atoms with van der Waals surface area (Å²) >= 11 is 3.14. The summed E-state index contributed by atoms with van der Waals surface area (Å²) in [5.41, 5.74) is 1.20. The lowest BCUT2D eigenvalue weighted by Crippen LogP contribution is -2.21. The van der Waals surface area contributed by atoms with Crippen LogP contribution in [0.15, 0.2) is 46.9 Å². The first-order valence-electron chi connectivity index (χ1n) is 6.50. The number of ether oxygens (including phenoxy) is 1. The first-order chi connectivity index (χ1) is 9.54. The van der Waals surface area contributed by atoms with Gasteiger partial charge in [0.15, 0.2) is 0 Å². The van der Waals surface area contributed by atoms with Gasteiger partial charge in [0.25, 0.3) is 0 Å². The first kappa shape index (κ1) is 15.0. The first-order valence-corrected chi connectivity index (χ1v) is 7.29. The highest BCUT2D eigenvalue weighted by Crippen LogP contribution is 2.26. The topological polar surface area (TPSA) is 21.3 Å². The van der Waals surface area contributed by atoms with E-state index in [2.05, 4.69) is 35.1 Å². The Kier molecular flexibility index (Phi) is 5.15. The maximum atomic E-state index is 13.1. The van der Waals surface area contributed by atoms with E-state index in [1.54, 1.807) is 12.1 Å². The molecule has 1 N–H and O–H groups in total. The molecule has 0 atom stereocenters. The molecule has 2 aromatic carbocycles. The van der Waals surface area contributed by atoms with Crippen LogP contribution in [0.5, 0.6) is 11.5 Å². The van der Waals surface area contributed by atoms with E-state index in [1.807, 2.05) is 24.3 Å². The average molecular weight is 338 g/mol. The Morgan fingerprint density at radius 3 is 2.35 bits per heavy atom. The van der Waals surface area contributed by atoms with Crippen molar-refractivity contribution in [2.75, 3.05) is 0 Å². The molecule has 0 spiro atoms. The largest absolute Gasteiger partial charge is 0.457 e. The maximum absolute atomic E-state index is 13.1. The van der Waals surface area contributed by atoms with E-state index >= 15 is 0 Å². The summed E-state index contributed by atoms with van der Waals surface area (Å²) in [4.78, 5) is 0. The molecule has 20 heavy (non-hydrogen) atoms. The third kappa shape index (κ3) is 4.32. The lowest BCUT2D eigenvalue weighted by molar-refractivity contribution is 0.479. The van der Waals surface area contributed by atoms with Gasteiger partial charge in [-0.1, -0.05) is 26.0 Å². The number of hydrogen-bond acceptors (Lipinski definition) is 2. The molecular weight excluding hydrogens is 321 g/mol. The molecule has 0 unspecified atom stereocenters. The Bertz CT molecular complexity index is 569. The van der Waals surface area contributed by atoms with Gasteiger partial charge in [-0.15, -0.1) is 0 Å². The van der Waals surface area contributed by atoms with Crippen molar-refractivity contribution in [2.45, 2.75) is 26.4 Å². The van der Waals surface area contributed by atoms with Crippen LogP contribution in [0.1, 0.15) is 19.4 Å². The van der Waals surface area contributed by atoms with Crippen LogP contribution in [0, 0.1) is 5.82 Å². The predicted octanol–water partition coefficient (Wildman–Crippen LogP) is 4.88. The highest BCUT2D eigenvalue weighted by molar-refractivity contribution is 9.10. The second-order valence-electron chi connectivity index (χ2n) is 4.86. The van der Waals surface area contributed by atoms with Crippen molar-refractivity contribution >= 4 is 15.9 Å². The van der Waals surface area contributed by atoms with Gasteiger partial charge < -0.3 is 10.1 Å². The van der Waals surface area contributed by atoms with E-state index in [9.17, 15) is 4.39 Å². The lowest BCUT2D eigenvalue weighted by atomic mass is 10.2. The molecule has 4 heteroatoms. The highest BCUT2D eigenvalue weighted by Gasteiger charge is 2.03. The quantitative estimate of drug-likeness (QED) is 0.839. The number of hydrogen-bond donors (Lipinski definition) is 1. The fourth-order valence-corrected chi connectivity index (χ4v) is 2.03. The summed E-state index contributed by atoms with van der Waals surface area (Å²) in [5, 5.41) is 3.36. The molecule has 0 fully saturated rings. The van der Waals surface area contributed by atoms with Crippen LogP contribution in [-0.4, -0.2) is 6.04 Å². The van der Waals surface area contributed by atoms with E-state index in [0.717, 1.165) is 12.3 Å². The number of nitrogens with one attached hydrogen (secondary N) is 1. The van der Waals surface area contributed by atoms with Crippen LogP contribution in [0.25, 0.3) is 0 Å². The molecule has 2 aromatic rings. The summed E-state index contributed by atoms with van der Waals surface area (Å²) in [6.07, 6.45) is 0. The highest BCUT2D eigenvalue weighted by atomic mass is 79.9. The second-order valence-corrected chi connectivity index (χ2v) is 5.71. The minimum absolute atomic E-state index is 0.299. The van der Waals surface area contributed by atoms with Crippen molar-refractivity contribution in [3.05, 3.63) is 58.3 Å². The van der Waals surface area contributed by atoms with Crippen LogP contribution >= 0.6 is 15.9 Å². The van der Waals surface area contributed by atoms with Gasteiger partial charge in [0.2, 0.25) is 0 Å². The maximum Gasteiger partial charge on any atom is 0.137 e. The Labute approximate surface area is 127 Å². The smallest absolute Gasteiger partial charge is 0.137 e. The van der Waals surface area contributed by atoms with E-state index in [0.29, 0.717) is 16.3 Å². The van der Waals surface area contributed by atoms with Gasteiger partial charge >= 0.3 is 0 Å². The molecule has 0 radical (unpaired) electrons. The minimum atomic E-state index is -0.299. The number of rotatable bonds is 5. The summed E-state index contributed by atoms with van der Waals surface area (Å²) in [5.74, 6) is 1.04. The molecule has 0 aromatic heterocycles. The molecule has 0 amide bonds. The van der Waals surface area contributed by atoms with Gasteiger partial charge in [0.05, 0.1) is 4.47 Å². The summed E-state index contributed by atoms with van der Waals surface area (Å²) in [6, 6.07) is 12.9. The van der Waals surface area contributed by atoms with Crippen LogP contribution in [0.4, 0.5) is 4.39 Å². The van der Waals surface area contributed by atoms with Gasteiger partial charge in [0, 0.05) is 12.6 Å². The van der Waals surface area contributed by atoms with Crippen molar-refractivity contribution in [1.82, 2.24) is 5.32 Å². The van der Waals surface area contributed by atoms with Gasteiger partial charge in [-0.3, -0.25) is 0 Å². The van der Waals surface area contributed by atoms with Crippen molar-refractivity contribution in [3.8, 4) is 11.5 Å². The molecular formula is C16H17BrFNO. The van der Waals surface area contributed by atoms with E-state index in [4.69, 9.17) is 4.74 Å². The molecule has 0 saturated heterocycles. The van der Waals surface area contributed by atoms with Crippen molar-refractivity contribution in [3.63, 3.8) is 0 Å². The van der Waals surface area contributed by atoms with E-state index < -0.39 is 0 Å². The van der Waals surface area contributed by atoms with Crippen molar-refractivity contribution < 1.29 is 9.13 Å². The summed E-state index contributed by atoms with van der Waals surface area (Å²) in [6.45, 7) is 5.06. The number of halogens is 2. The molecule has 0 aliphatic rings. The lowest BCUT2D eigenvalue weighted by Gasteiger charge is -2.10. The van der Waals surface area contributed by atoms with Gasteiger partial charge in [-0.05, 0) is 51.8 Å². The van der Waals surface area contributed by atoms with Gasteiger partial charge in [-0.25, -0.2) is 4.39 Å². The van der Waals surface area contributed by atoms with Crippen LogP contribution in [-0.2, 0) is 6.54 Å². The summed E-state index contributed by atoms with van der Waals surface area (Å²) < 4.78 is 19.2. The molecule has 0 aliphatic carbocycles. The summed E-state index contributed by atoms with van der Waals surface area (Å²) in [7, 11) is 0. The van der Waals surface area contributed by atoms with E-state index in [1.165, 1.54) is 11.6 Å². The predicted molar refractivity (Wildman–Crippen MR) is 82.6 cm³/mol. The van der Waals surface area contributed by atoms with Crippen LogP contribution < -0.4 is 10.1 Å². The number of benzene rings is 2. The molecule has 2 rings (SSSR count). The molecule has 0 saturated carbocycles. The SMILES string of the molecule is CC(C)NCc1ccc(Oc2ccc(F)c(Br)c2)cc1. The fourth-order valence-electron chi connectivity index (χ4n) is 1.67. The molecule has 106 valence electrons. The normalized spacial score (nSPS) is 10.8. The Morgan fingerprint density at radius 1 is 1.10 bits per heavy atom. The molecule has 0 bridgehead atoms. The fraction of sp³-hybridized carbons (Fsp3) is 0.250. The third-order valence-corrected chi connectivity index (χ3v) is 3.37. The third-order valence-electron chi connectivity index (χ3n) is 2.76. The molecule has 2 nitrogen and oxygen atoms in total. The molecule has 0 heterocycles. The monoisotopic (exact) mass is 337 g/mol. The minimum Gasteiger partial charge on any atom is -0.457 e. The van der Waals surface area contributed by atoms with Crippen LogP contribution in [0.3, 0.4) is 0 Å². The zero-order chi connectivity index (χ0) is 14.5.